The average Bonchev–Trinajstić information content (AvgIpc) is 3.38. The van der Waals surface area contributed by atoms with E-state index in [1.165, 1.54) is 15.3 Å². The van der Waals surface area contributed by atoms with Gasteiger partial charge in [0.1, 0.15) is 23.9 Å². The summed E-state index contributed by atoms with van der Waals surface area (Å²) in [5.41, 5.74) is 1.28. The second-order valence-electron chi connectivity index (χ2n) is 6.35. The zero-order valence-corrected chi connectivity index (χ0v) is 14.0. The Balaban J connectivity index is 1.75. The third kappa shape index (κ3) is 2.03. The highest BCUT2D eigenvalue weighted by Crippen LogP contribution is 2.27. The molecular weight excluding hydrogens is 339 g/mol. The summed E-state index contributed by atoms with van der Waals surface area (Å²) in [7, 11) is 1.59. The van der Waals surface area contributed by atoms with Gasteiger partial charge in [0.15, 0.2) is 11.5 Å². The first-order valence-electron chi connectivity index (χ1n) is 8.33. The second kappa shape index (κ2) is 5.46. The number of benzene rings is 1. The minimum Gasteiger partial charge on any atom is -0.372 e. The van der Waals surface area contributed by atoms with Crippen LogP contribution in [0.5, 0.6) is 0 Å². The van der Waals surface area contributed by atoms with Crippen molar-refractivity contribution in [3.8, 4) is 5.82 Å². The van der Waals surface area contributed by atoms with Crippen molar-refractivity contribution in [1.82, 2.24) is 28.9 Å². The van der Waals surface area contributed by atoms with Crippen molar-refractivity contribution >= 4 is 16.6 Å². The highest BCUT2D eigenvalue weighted by Gasteiger charge is 2.23. The van der Waals surface area contributed by atoms with Gasteiger partial charge in [0.25, 0.3) is 5.56 Å². The normalized spacial score (nSPS) is 17.5. The van der Waals surface area contributed by atoms with Gasteiger partial charge in [-0.15, -0.1) is 5.10 Å². The van der Waals surface area contributed by atoms with Gasteiger partial charge in [0, 0.05) is 13.7 Å². The van der Waals surface area contributed by atoms with Crippen LogP contribution < -0.4 is 5.56 Å². The minimum atomic E-state index is -0.554. The van der Waals surface area contributed by atoms with Crippen molar-refractivity contribution in [3.63, 3.8) is 0 Å². The number of halogens is 1. The van der Waals surface area contributed by atoms with Crippen LogP contribution in [0.1, 0.15) is 24.6 Å². The van der Waals surface area contributed by atoms with Gasteiger partial charge >= 0.3 is 0 Å². The lowest BCUT2D eigenvalue weighted by Gasteiger charge is -2.08. The SMILES string of the molecule is Cn1c(=O)c2c(F)cccc2n2cnc(-n3cc(C4CCCO4)nn3)c12. The van der Waals surface area contributed by atoms with Crippen molar-refractivity contribution in [1.29, 1.82) is 0 Å². The summed E-state index contributed by atoms with van der Waals surface area (Å²) in [4.78, 5) is 17.1. The first kappa shape index (κ1) is 15.2. The summed E-state index contributed by atoms with van der Waals surface area (Å²) in [6.07, 6.45) is 5.16. The Hall–Kier alpha value is -3.07. The molecule has 0 saturated carbocycles. The molecule has 1 saturated heterocycles. The van der Waals surface area contributed by atoms with E-state index in [1.54, 1.807) is 36.1 Å². The molecule has 3 aromatic heterocycles. The fourth-order valence-electron chi connectivity index (χ4n) is 3.51. The molecule has 1 aliphatic rings. The Bertz CT molecular complexity index is 1200. The lowest BCUT2D eigenvalue weighted by molar-refractivity contribution is 0.108. The topological polar surface area (TPSA) is 79.2 Å². The fourth-order valence-corrected chi connectivity index (χ4v) is 3.51. The van der Waals surface area contributed by atoms with E-state index in [1.807, 2.05) is 0 Å². The largest absolute Gasteiger partial charge is 0.372 e. The maximum absolute atomic E-state index is 14.2. The van der Waals surface area contributed by atoms with Gasteiger partial charge in [-0.3, -0.25) is 13.8 Å². The van der Waals surface area contributed by atoms with E-state index in [0.29, 0.717) is 17.0 Å². The molecule has 0 radical (unpaired) electrons. The molecule has 9 heteroatoms. The van der Waals surface area contributed by atoms with Gasteiger partial charge < -0.3 is 4.74 Å². The van der Waals surface area contributed by atoms with Crippen LogP contribution in [0, 0.1) is 5.82 Å². The van der Waals surface area contributed by atoms with Crippen LogP contribution in [0.25, 0.3) is 22.4 Å². The number of fused-ring (bicyclic) bond motifs is 3. The first-order chi connectivity index (χ1) is 12.6. The molecule has 1 aromatic carbocycles. The van der Waals surface area contributed by atoms with E-state index in [0.717, 1.165) is 25.1 Å². The molecule has 4 aromatic rings. The van der Waals surface area contributed by atoms with Crippen molar-refractivity contribution < 1.29 is 9.13 Å². The molecule has 5 rings (SSSR count). The van der Waals surface area contributed by atoms with E-state index >= 15 is 0 Å². The van der Waals surface area contributed by atoms with Crippen molar-refractivity contribution in [2.24, 2.45) is 7.05 Å². The lowest BCUT2D eigenvalue weighted by atomic mass is 10.2. The van der Waals surface area contributed by atoms with E-state index in [-0.39, 0.29) is 11.5 Å². The Morgan fingerprint density at radius 2 is 2.23 bits per heavy atom. The van der Waals surface area contributed by atoms with Crippen LogP contribution in [0.15, 0.2) is 35.5 Å². The minimum absolute atomic E-state index is 0.0325. The van der Waals surface area contributed by atoms with Crippen LogP contribution >= 0.6 is 0 Å². The van der Waals surface area contributed by atoms with Crippen LogP contribution in [0.4, 0.5) is 4.39 Å². The van der Waals surface area contributed by atoms with Gasteiger partial charge in [-0.25, -0.2) is 9.37 Å². The molecule has 1 atom stereocenters. The molecule has 0 amide bonds. The van der Waals surface area contributed by atoms with Crippen molar-refractivity contribution in [2.75, 3.05) is 6.61 Å². The monoisotopic (exact) mass is 354 g/mol. The summed E-state index contributed by atoms with van der Waals surface area (Å²) in [5.74, 6) is -0.103. The molecular formula is C17H15FN6O2. The molecule has 0 N–H and O–H groups in total. The summed E-state index contributed by atoms with van der Waals surface area (Å²) in [5, 5.41) is 8.36. The maximum atomic E-state index is 14.2. The molecule has 8 nitrogen and oxygen atoms in total. The molecule has 26 heavy (non-hydrogen) atoms. The van der Waals surface area contributed by atoms with Gasteiger partial charge in [-0.2, -0.15) is 4.68 Å². The number of hydrogen-bond donors (Lipinski definition) is 0. The summed E-state index contributed by atoms with van der Waals surface area (Å²) in [6.45, 7) is 0.719. The summed E-state index contributed by atoms with van der Waals surface area (Å²) < 4.78 is 24.4. The predicted octanol–water partition coefficient (Wildman–Crippen LogP) is 1.76. The first-order valence-corrected chi connectivity index (χ1v) is 8.33. The van der Waals surface area contributed by atoms with Crippen LogP contribution in [0.2, 0.25) is 0 Å². The number of aryl methyl sites for hydroxylation is 1. The molecule has 1 unspecified atom stereocenters. The number of aromatic nitrogens is 6. The fraction of sp³-hybridized carbons (Fsp3) is 0.294. The third-order valence-corrected chi connectivity index (χ3v) is 4.80. The summed E-state index contributed by atoms with van der Waals surface area (Å²) in [6, 6.07) is 4.54. The average molecular weight is 354 g/mol. The van der Waals surface area contributed by atoms with E-state index in [2.05, 4.69) is 15.3 Å². The summed E-state index contributed by atoms with van der Waals surface area (Å²) >= 11 is 0. The molecule has 0 aliphatic carbocycles. The number of hydrogen-bond acceptors (Lipinski definition) is 5. The molecule has 1 aliphatic heterocycles. The number of nitrogens with zero attached hydrogens (tertiary/aromatic N) is 6. The van der Waals surface area contributed by atoms with E-state index in [9.17, 15) is 9.18 Å². The van der Waals surface area contributed by atoms with Gasteiger partial charge in [0.05, 0.1) is 17.1 Å². The van der Waals surface area contributed by atoms with Crippen molar-refractivity contribution in [2.45, 2.75) is 18.9 Å². The molecule has 4 heterocycles. The smallest absolute Gasteiger partial charge is 0.264 e. The number of imidazole rings is 1. The van der Waals surface area contributed by atoms with Crippen LogP contribution in [-0.2, 0) is 11.8 Å². The Kier molecular flexibility index (Phi) is 3.20. The highest BCUT2D eigenvalue weighted by molar-refractivity contribution is 5.82. The van der Waals surface area contributed by atoms with Crippen molar-refractivity contribution in [3.05, 3.63) is 52.6 Å². The van der Waals surface area contributed by atoms with Gasteiger partial charge in [0.2, 0.25) is 0 Å². The number of rotatable bonds is 2. The standard InChI is InChI=1S/C17H15FN6O2/c1-22-16-15(24-8-11(20-21-24)13-6-3-7-26-13)19-9-23(16)12-5-2-4-10(18)14(12)17(22)25/h2,4-5,8-9,13H,3,6-7H2,1H3. The third-order valence-electron chi connectivity index (χ3n) is 4.80. The molecule has 0 bridgehead atoms. The van der Waals surface area contributed by atoms with Gasteiger partial charge in [-0.1, -0.05) is 11.3 Å². The lowest BCUT2D eigenvalue weighted by Crippen LogP contribution is -2.21. The second-order valence-corrected chi connectivity index (χ2v) is 6.35. The predicted molar refractivity (Wildman–Crippen MR) is 90.7 cm³/mol. The van der Waals surface area contributed by atoms with Gasteiger partial charge in [-0.05, 0) is 25.0 Å². The van der Waals surface area contributed by atoms with Crippen LogP contribution in [-0.4, -0.2) is 35.6 Å². The zero-order valence-electron chi connectivity index (χ0n) is 14.0. The highest BCUT2D eigenvalue weighted by atomic mass is 19.1. The quantitative estimate of drug-likeness (QED) is 0.548. The Morgan fingerprint density at radius 1 is 1.35 bits per heavy atom. The van der Waals surface area contributed by atoms with Crippen LogP contribution in [0.3, 0.4) is 0 Å². The Morgan fingerprint density at radius 3 is 3.04 bits per heavy atom. The maximum Gasteiger partial charge on any atom is 0.264 e. The number of ether oxygens (including phenoxy) is 1. The Labute approximate surface area is 146 Å². The molecule has 1 fully saturated rings. The zero-order chi connectivity index (χ0) is 17.8. The van der Waals surface area contributed by atoms with E-state index < -0.39 is 11.4 Å². The molecule has 0 spiro atoms. The molecule has 132 valence electrons. The van der Waals surface area contributed by atoms with E-state index in [4.69, 9.17) is 4.74 Å².